The highest BCUT2D eigenvalue weighted by atomic mass is 19.4. The highest BCUT2D eigenvalue weighted by Crippen LogP contribution is 2.33. The lowest BCUT2D eigenvalue weighted by Gasteiger charge is -2.35. The van der Waals surface area contributed by atoms with E-state index in [0.29, 0.717) is 0 Å². The van der Waals surface area contributed by atoms with Crippen molar-refractivity contribution in [1.82, 2.24) is 5.32 Å². The van der Waals surface area contributed by atoms with Gasteiger partial charge in [-0.3, -0.25) is 4.79 Å². The van der Waals surface area contributed by atoms with Gasteiger partial charge in [0.25, 0.3) is 5.91 Å². The number of hydrogen-bond donors (Lipinski definition) is 2. The van der Waals surface area contributed by atoms with Gasteiger partial charge in [0.2, 0.25) is 0 Å². The second-order valence-corrected chi connectivity index (χ2v) is 5.78. The van der Waals surface area contributed by atoms with E-state index in [1.54, 1.807) is 30.4 Å². The SMILES string of the molecule is CCOC(=O)[C@](NC(=O)c1ccccc1)(Nc1ccc(C)cc1)C(F)(F)F. The van der Waals surface area contributed by atoms with E-state index in [1.807, 2.05) is 0 Å². The van der Waals surface area contributed by atoms with Crippen molar-refractivity contribution in [1.29, 1.82) is 0 Å². The molecule has 0 aliphatic carbocycles. The summed E-state index contributed by atoms with van der Waals surface area (Å²) in [5.74, 6) is -2.72. The van der Waals surface area contributed by atoms with Crippen LogP contribution in [-0.2, 0) is 9.53 Å². The van der Waals surface area contributed by atoms with Gasteiger partial charge in [-0.1, -0.05) is 35.9 Å². The lowest BCUT2D eigenvalue weighted by molar-refractivity contribution is -0.204. The van der Waals surface area contributed by atoms with Crippen LogP contribution in [0.25, 0.3) is 0 Å². The van der Waals surface area contributed by atoms with Crippen LogP contribution in [0, 0.1) is 6.92 Å². The zero-order valence-electron chi connectivity index (χ0n) is 14.8. The van der Waals surface area contributed by atoms with Crippen LogP contribution in [0.3, 0.4) is 0 Å². The molecule has 0 radical (unpaired) electrons. The first-order valence-electron chi connectivity index (χ1n) is 8.16. The molecular weight excluding hydrogens is 361 g/mol. The number of carbonyl (C=O) groups is 2. The molecular formula is C19H19F3N2O3. The molecule has 2 rings (SSSR count). The summed E-state index contributed by atoms with van der Waals surface area (Å²) < 4.78 is 46.7. The second kappa shape index (κ2) is 8.11. The number of halogens is 3. The minimum Gasteiger partial charge on any atom is -0.463 e. The largest absolute Gasteiger partial charge is 0.463 e. The predicted molar refractivity (Wildman–Crippen MR) is 94.1 cm³/mol. The second-order valence-electron chi connectivity index (χ2n) is 5.78. The van der Waals surface area contributed by atoms with Crippen molar-refractivity contribution >= 4 is 17.6 Å². The molecule has 5 nitrogen and oxygen atoms in total. The van der Waals surface area contributed by atoms with Crippen LogP contribution in [0.2, 0.25) is 0 Å². The molecule has 0 aliphatic heterocycles. The molecule has 2 aromatic rings. The lowest BCUT2D eigenvalue weighted by Crippen LogP contribution is -2.69. The number of carbonyl (C=O) groups excluding carboxylic acids is 2. The van der Waals surface area contributed by atoms with Crippen LogP contribution in [0.1, 0.15) is 22.8 Å². The molecule has 0 heterocycles. The Balaban J connectivity index is 2.48. The lowest BCUT2D eigenvalue weighted by atomic mass is 10.1. The van der Waals surface area contributed by atoms with Gasteiger partial charge in [0, 0.05) is 11.3 Å². The Morgan fingerprint density at radius 3 is 2.11 bits per heavy atom. The Kier molecular flexibility index (Phi) is 6.09. The smallest absolute Gasteiger partial charge is 0.441 e. The van der Waals surface area contributed by atoms with Crippen molar-refractivity contribution in [2.45, 2.75) is 25.7 Å². The van der Waals surface area contributed by atoms with E-state index < -0.39 is 23.7 Å². The number of hydrogen-bond acceptors (Lipinski definition) is 4. The third-order valence-electron chi connectivity index (χ3n) is 3.73. The summed E-state index contributed by atoms with van der Waals surface area (Å²) in [7, 11) is 0. The van der Waals surface area contributed by atoms with Crippen molar-refractivity contribution in [3.05, 3.63) is 65.7 Å². The number of benzene rings is 2. The van der Waals surface area contributed by atoms with Gasteiger partial charge in [0.15, 0.2) is 0 Å². The van der Waals surface area contributed by atoms with Gasteiger partial charge >= 0.3 is 17.8 Å². The fraction of sp³-hybridized carbons (Fsp3) is 0.263. The average molecular weight is 380 g/mol. The summed E-state index contributed by atoms with van der Waals surface area (Å²) in [6.45, 7) is 2.86. The number of alkyl halides is 3. The predicted octanol–water partition coefficient (Wildman–Crippen LogP) is 3.66. The molecule has 2 aromatic carbocycles. The molecule has 0 aliphatic rings. The molecule has 0 spiro atoms. The van der Waals surface area contributed by atoms with Crippen molar-refractivity contribution in [3.8, 4) is 0 Å². The van der Waals surface area contributed by atoms with E-state index in [2.05, 4.69) is 10.1 Å². The Bertz CT molecular complexity index is 792. The first-order chi connectivity index (χ1) is 12.7. The fourth-order valence-electron chi connectivity index (χ4n) is 2.32. The molecule has 144 valence electrons. The van der Waals surface area contributed by atoms with Gasteiger partial charge < -0.3 is 15.4 Å². The molecule has 0 unspecified atom stereocenters. The Hall–Kier alpha value is -3.03. The van der Waals surface area contributed by atoms with Crippen molar-refractivity contribution in [2.75, 3.05) is 11.9 Å². The molecule has 0 bridgehead atoms. The normalized spacial score (nSPS) is 13.4. The van der Waals surface area contributed by atoms with E-state index in [9.17, 15) is 22.8 Å². The monoisotopic (exact) mass is 380 g/mol. The highest BCUT2D eigenvalue weighted by Gasteiger charge is 2.63. The number of esters is 1. The molecule has 2 N–H and O–H groups in total. The number of anilines is 1. The molecule has 1 atom stereocenters. The first-order valence-corrected chi connectivity index (χ1v) is 8.16. The van der Waals surface area contributed by atoms with Crippen molar-refractivity contribution < 1.29 is 27.5 Å². The maximum absolute atomic E-state index is 14.0. The summed E-state index contributed by atoms with van der Waals surface area (Å²) in [6.07, 6.45) is -5.17. The van der Waals surface area contributed by atoms with Gasteiger partial charge in [-0.2, -0.15) is 13.2 Å². The van der Waals surface area contributed by atoms with Crippen LogP contribution in [0.15, 0.2) is 54.6 Å². The van der Waals surface area contributed by atoms with Crippen LogP contribution in [-0.4, -0.2) is 30.3 Å². The Morgan fingerprint density at radius 1 is 1.00 bits per heavy atom. The minimum atomic E-state index is -5.17. The third-order valence-corrected chi connectivity index (χ3v) is 3.73. The van der Waals surface area contributed by atoms with E-state index in [-0.39, 0.29) is 17.9 Å². The van der Waals surface area contributed by atoms with Crippen molar-refractivity contribution in [3.63, 3.8) is 0 Å². The van der Waals surface area contributed by atoms with E-state index in [0.717, 1.165) is 5.56 Å². The molecule has 0 aromatic heterocycles. The number of ether oxygens (including phenoxy) is 1. The maximum atomic E-state index is 14.0. The van der Waals surface area contributed by atoms with Crippen LogP contribution in [0.4, 0.5) is 18.9 Å². The van der Waals surface area contributed by atoms with E-state index in [1.165, 1.54) is 43.3 Å². The first kappa shape index (κ1) is 20.3. The Labute approximate surface area is 154 Å². The molecule has 1 amide bonds. The highest BCUT2D eigenvalue weighted by molar-refractivity contribution is 5.99. The topological polar surface area (TPSA) is 67.4 Å². The van der Waals surface area contributed by atoms with Crippen LogP contribution < -0.4 is 10.6 Å². The molecule has 0 saturated heterocycles. The van der Waals surface area contributed by atoms with Gasteiger partial charge in [-0.05, 0) is 38.1 Å². The van der Waals surface area contributed by atoms with Crippen LogP contribution >= 0.6 is 0 Å². The maximum Gasteiger partial charge on any atom is 0.441 e. The summed E-state index contributed by atoms with van der Waals surface area (Å²) in [5.41, 5.74) is -2.64. The summed E-state index contributed by atoms with van der Waals surface area (Å²) in [6, 6.07) is 13.2. The minimum absolute atomic E-state index is 0.000611. The number of aryl methyl sites for hydroxylation is 1. The third kappa shape index (κ3) is 4.58. The van der Waals surface area contributed by atoms with Gasteiger partial charge in [-0.25, -0.2) is 4.79 Å². The van der Waals surface area contributed by atoms with Gasteiger partial charge in [-0.15, -0.1) is 0 Å². The summed E-state index contributed by atoms with van der Waals surface area (Å²) in [4.78, 5) is 24.7. The van der Waals surface area contributed by atoms with Gasteiger partial charge in [0.1, 0.15) is 0 Å². The standard InChI is InChI=1S/C19H19F3N2O3/c1-3-27-17(26)18(19(20,21)22,23-15-11-9-13(2)10-12-15)24-16(25)14-7-5-4-6-8-14/h4-12,23H,3H2,1-2H3,(H,24,25)/t18-/m1/s1. The fourth-order valence-corrected chi connectivity index (χ4v) is 2.32. The van der Waals surface area contributed by atoms with E-state index >= 15 is 0 Å². The van der Waals surface area contributed by atoms with Crippen LogP contribution in [0.5, 0.6) is 0 Å². The van der Waals surface area contributed by atoms with Gasteiger partial charge in [0.05, 0.1) is 6.61 Å². The number of nitrogens with one attached hydrogen (secondary N) is 2. The average Bonchev–Trinajstić information content (AvgIpc) is 2.62. The summed E-state index contributed by atoms with van der Waals surface area (Å²) >= 11 is 0. The molecule has 27 heavy (non-hydrogen) atoms. The number of amides is 1. The number of rotatable bonds is 6. The summed E-state index contributed by atoms with van der Waals surface area (Å²) in [5, 5.41) is 3.90. The molecule has 0 saturated carbocycles. The quantitative estimate of drug-likeness (QED) is 0.593. The Morgan fingerprint density at radius 2 is 1.59 bits per heavy atom. The van der Waals surface area contributed by atoms with Crippen molar-refractivity contribution in [2.24, 2.45) is 0 Å². The van der Waals surface area contributed by atoms with E-state index in [4.69, 9.17) is 0 Å². The molecule has 0 fully saturated rings. The zero-order chi connectivity index (χ0) is 20.1. The molecule has 8 heteroatoms. The zero-order valence-corrected chi connectivity index (χ0v) is 14.8.